The third kappa shape index (κ3) is 0.421. The van der Waals surface area contributed by atoms with Crippen LogP contribution in [0.4, 0.5) is 8.78 Å². The van der Waals surface area contributed by atoms with Gasteiger partial charge in [0.1, 0.15) is 0 Å². The van der Waals surface area contributed by atoms with Crippen LogP contribution in [-0.2, 0) is 0 Å². The zero-order chi connectivity index (χ0) is 8.72. The van der Waals surface area contributed by atoms with E-state index in [1.165, 1.54) is 0 Å². The minimum absolute atomic E-state index is 0.176. The summed E-state index contributed by atoms with van der Waals surface area (Å²) in [6.45, 7) is 3.93. The van der Waals surface area contributed by atoms with Crippen molar-refractivity contribution in [1.82, 2.24) is 0 Å². The summed E-state index contributed by atoms with van der Waals surface area (Å²) in [7, 11) is 0. The van der Waals surface area contributed by atoms with Gasteiger partial charge in [0, 0.05) is 11.3 Å². The summed E-state index contributed by atoms with van der Waals surface area (Å²) in [4.78, 5) is 0. The molecular weight excluding hydrogens is 158 g/mol. The Morgan fingerprint density at radius 1 is 1.17 bits per heavy atom. The van der Waals surface area contributed by atoms with Gasteiger partial charge in [0.25, 0.3) is 5.92 Å². The molecule has 2 unspecified atom stereocenters. The first-order valence-electron chi connectivity index (χ1n) is 4.90. The highest BCUT2D eigenvalue weighted by atomic mass is 19.3. The summed E-state index contributed by atoms with van der Waals surface area (Å²) in [6, 6.07) is 0. The monoisotopic (exact) mass is 172 g/mol. The molecule has 4 aliphatic rings. The van der Waals surface area contributed by atoms with Gasteiger partial charge < -0.3 is 0 Å². The Bertz CT molecular complexity index is 232. The summed E-state index contributed by atoms with van der Waals surface area (Å²) in [6.07, 6.45) is 1.63. The molecule has 68 valence electrons. The first-order valence-corrected chi connectivity index (χ1v) is 4.90. The molecule has 0 heterocycles. The maximum Gasteiger partial charge on any atom is 0.257 e. The summed E-state index contributed by atoms with van der Waals surface area (Å²) >= 11 is 0. The molecule has 4 saturated carbocycles. The van der Waals surface area contributed by atoms with Gasteiger partial charge in [0.05, 0.1) is 0 Å². The average Bonchev–Trinajstić information content (AvgIpc) is 2.30. The van der Waals surface area contributed by atoms with E-state index in [1.807, 2.05) is 13.8 Å². The third-order valence-electron chi connectivity index (χ3n) is 4.73. The van der Waals surface area contributed by atoms with E-state index in [0.29, 0.717) is 11.8 Å². The predicted molar refractivity (Wildman–Crippen MR) is 41.9 cm³/mol. The van der Waals surface area contributed by atoms with Gasteiger partial charge in [0.2, 0.25) is 0 Å². The molecule has 12 heavy (non-hydrogen) atoms. The second kappa shape index (κ2) is 1.58. The number of hydrogen-bond donors (Lipinski definition) is 0. The minimum atomic E-state index is -2.32. The lowest BCUT2D eigenvalue weighted by molar-refractivity contribution is -0.0943. The molecule has 0 nitrogen and oxygen atoms in total. The lowest BCUT2D eigenvalue weighted by Crippen LogP contribution is -2.33. The number of rotatable bonds is 1. The van der Waals surface area contributed by atoms with Crippen molar-refractivity contribution in [2.45, 2.75) is 32.6 Å². The molecule has 2 heteroatoms. The van der Waals surface area contributed by atoms with E-state index in [9.17, 15) is 8.78 Å². The van der Waals surface area contributed by atoms with E-state index < -0.39 is 11.3 Å². The van der Waals surface area contributed by atoms with Crippen LogP contribution in [0.2, 0.25) is 0 Å². The number of halogens is 2. The van der Waals surface area contributed by atoms with Crippen LogP contribution in [0, 0.1) is 29.1 Å². The lowest BCUT2D eigenvalue weighted by Gasteiger charge is -2.26. The summed E-state index contributed by atoms with van der Waals surface area (Å²) in [5, 5.41) is 0. The molecule has 0 spiro atoms. The molecule has 4 aliphatic carbocycles. The molecular formula is C10H14F2. The fourth-order valence-electron chi connectivity index (χ4n) is 4.38. The summed E-state index contributed by atoms with van der Waals surface area (Å²) < 4.78 is 27.4. The Kier molecular flexibility index (Phi) is 0.958. The fraction of sp³-hybridized carbons (Fsp3) is 1.00. The molecule has 0 aromatic carbocycles. The average molecular weight is 172 g/mol. The maximum atomic E-state index is 13.7. The zero-order valence-corrected chi connectivity index (χ0v) is 7.48. The van der Waals surface area contributed by atoms with Crippen molar-refractivity contribution in [3.63, 3.8) is 0 Å². The van der Waals surface area contributed by atoms with Crippen molar-refractivity contribution >= 4 is 0 Å². The fourth-order valence-corrected chi connectivity index (χ4v) is 4.38. The van der Waals surface area contributed by atoms with Crippen LogP contribution >= 0.6 is 0 Å². The highest BCUT2D eigenvalue weighted by molar-refractivity contribution is 5.31. The molecule has 4 fully saturated rings. The van der Waals surface area contributed by atoms with Crippen LogP contribution in [0.25, 0.3) is 0 Å². The lowest BCUT2D eigenvalue weighted by atomic mass is 9.87. The van der Waals surface area contributed by atoms with Crippen molar-refractivity contribution in [2.24, 2.45) is 29.1 Å². The maximum absolute atomic E-state index is 13.7. The zero-order valence-electron chi connectivity index (χ0n) is 7.48. The molecule has 0 saturated heterocycles. The van der Waals surface area contributed by atoms with Gasteiger partial charge in [-0.25, -0.2) is 8.78 Å². The van der Waals surface area contributed by atoms with Gasteiger partial charge >= 0.3 is 0 Å². The van der Waals surface area contributed by atoms with Crippen LogP contribution in [0.1, 0.15) is 26.7 Å². The smallest absolute Gasteiger partial charge is 0.206 e. The molecule has 2 atom stereocenters. The Morgan fingerprint density at radius 3 is 1.83 bits per heavy atom. The number of hydrogen-bond acceptors (Lipinski definition) is 0. The van der Waals surface area contributed by atoms with E-state index >= 15 is 0 Å². The Hall–Kier alpha value is -0.140. The van der Waals surface area contributed by atoms with Crippen LogP contribution in [0.5, 0.6) is 0 Å². The van der Waals surface area contributed by atoms with Crippen LogP contribution in [0.15, 0.2) is 0 Å². The molecule has 0 aromatic rings. The van der Waals surface area contributed by atoms with Crippen molar-refractivity contribution in [1.29, 1.82) is 0 Å². The molecule has 0 amide bonds. The third-order valence-corrected chi connectivity index (χ3v) is 4.73. The molecule has 0 aliphatic heterocycles. The van der Waals surface area contributed by atoms with Gasteiger partial charge in [-0.1, -0.05) is 13.8 Å². The normalized spacial score (nSPS) is 58.2. The molecule has 4 bridgehead atoms. The second-order valence-corrected chi connectivity index (χ2v) is 5.09. The van der Waals surface area contributed by atoms with Crippen LogP contribution < -0.4 is 0 Å². The van der Waals surface area contributed by atoms with Crippen molar-refractivity contribution < 1.29 is 8.78 Å². The largest absolute Gasteiger partial charge is 0.257 e. The van der Waals surface area contributed by atoms with E-state index in [0.717, 1.165) is 12.8 Å². The van der Waals surface area contributed by atoms with Crippen LogP contribution in [0.3, 0.4) is 0 Å². The molecule has 4 rings (SSSR count). The highest BCUT2D eigenvalue weighted by Gasteiger charge is 2.88. The molecule has 0 N–H and O–H groups in total. The molecule has 0 radical (unpaired) electrons. The Labute approximate surface area is 71.3 Å². The Morgan fingerprint density at radius 2 is 1.67 bits per heavy atom. The standard InChI is InChI=1S/C10H14F2/c1-5(2)9-7-3-6(4-8(7)9)10(9,11)12/h5-8H,3-4H2,1-2H3. The quantitative estimate of drug-likeness (QED) is 0.570. The van der Waals surface area contributed by atoms with E-state index in [2.05, 4.69) is 0 Å². The minimum Gasteiger partial charge on any atom is -0.206 e. The number of alkyl halides is 2. The van der Waals surface area contributed by atoms with Gasteiger partial charge in [-0.05, 0) is 30.6 Å². The second-order valence-electron chi connectivity index (χ2n) is 5.09. The van der Waals surface area contributed by atoms with Crippen molar-refractivity contribution in [3.05, 3.63) is 0 Å². The van der Waals surface area contributed by atoms with E-state index in [-0.39, 0.29) is 11.8 Å². The van der Waals surface area contributed by atoms with Gasteiger partial charge in [-0.15, -0.1) is 0 Å². The van der Waals surface area contributed by atoms with Gasteiger partial charge in [-0.3, -0.25) is 0 Å². The van der Waals surface area contributed by atoms with Gasteiger partial charge in [0.15, 0.2) is 0 Å². The topological polar surface area (TPSA) is 0 Å². The molecule has 0 aromatic heterocycles. The van der Waals surface area contributed by atoms with Crippen molar-refractivity contribution in [2.75, 3.05) is 0 Å². The summed E-state index contributed by atoms with van der Waals surface area (Å²) in [5.41, 5.74) is -0.544. The van der Waals surface area contributed by atoms with Gasteiger partial charge in [-0.2, -0.15) is 0 Å². The first-order chi connectivity index (χ1) is 5.53. The van der Waals surface area contributed by atoms with E-state index in [4.69, 9.17) is 0 Å². The SMILES string of the molecule is CC(C)C12C3CC(CC31)C2(F)F. The summed E-state index contributed by atoms with van der Waals surface area (Å²) in [5.74, 6) is -1.63. The van der Waals surface area contributed by atoms with Crippen molar-refractivity contribution in [3.8, 4) is 0 Å². The van der Waals surface area contributed by atoms with E-state index in [1.54, 1.807) is 0 Å². The highest BCUT2D eigenvalue weighted by Crippen LogP contribution is 2.86. The first kappa shape index (κ1) is 7.28. The van der Waals surface area contributed by atoms with Crippen LogP contribution in [-0.4, -0.2) is 5.92 Å². The predicted octanol–water partition coefficient (Wildman–Crippen LogP) is 2.93. The Balaban J connectivity index is 2.10.